The fourth-order valence-corrected chi connectivity index (χ4v) is 5.37. The lowest BCUT2D eigenvalue weighted by atomic mass is 9.82. The number of hydrogen-bond acceptors (Lipinski definition) is 3. The summed E-state index contributed by atoms with van der Waals surface area (Å²) >= 11 is 12.3. The van der Waals surface area contributed by atoms with Crippen LogP contribution < -0.4 is 16.0 Å². The zero-order chi connectivity index (χ0) is 24.1. The molecule has 8 heteroatoms. The molecule has 0 radical (unpaired) electrons. The molecule has 2 aromatic rings. The van der Waals surface area contributed by atoms with Crippen molar-refractivity contribution in [2.45, 2.75) is 75.4 Å². The summed E-state index contributed by atoms with van der Waals surface area (Å²) in [4.78, 5) is 23.1. The van der Waals surface area contributed by atoms with Crippen molar-refractivity contribution < 1.29 is 14.7 Å². The molecule has 1 aliphatic heterocycles. The van der Waals surface area contributed by atoms with Crippen LogP contribution in [0, 0.1) is 0 Å². The van der Waals surface area contributed by atoms with E-state index in [4.69, 9.17) is 28.3 Å². The number of nitrogens with one attached hydrogen (secondary N) is 3. The molecular formula is C26H31Cl2N3O3. The molecule has 3 aliphatic rings. The van der Waals surface area contributed by atoms with Crippen LogP contribution >= 0.6 is 23.2 Å². The highest BCUT2D eigenvalue weighted by molar-refractivity contribution is 6.31. The van der Waals surface area contributed by atoms with E-state index in [1.807, 2.05) is 42.5 Å². The number of fused-ring (bicyclic) bond motifs is 1. The average Bonchev–Trinajstić information content (AvgIpc) is 3.02. The monoisotopic (exact) mass is 503 g/mol. The van der Waals surface area contributed by atoms with Gasteiger partial charge >= 0.3 is 6.09 Å². The number of anilines is 1. The van der Waals surface area contributed by atoms with Crippen LogP contribution in [0.25, 0.3) is 0 Å². The molecule has 2 fully saturated rings. The molecule has 2 amide bonds. The lowest BCUT2D eigenvalue weighted by Crippen LogP contribution is -2.54. The van der Waals surface area contributed by atoms with Crippen molar-refractivity contribution in [1.29, 1.82) is 0 Å². The number of amides is 2. The lowest BCUT2D eigenvalue weighted by molar-refractivity contribution is -0.122. The third-order valence-corrected chi connectivity index (χ3v) is 7.39. The molecule has 1 heterocycles. The Morgan fingerprint density at radius 1 is 0.971 bits per heavy atom. The van der Waals surface area contributed by atoms with E-state index < -0.39 is 11.6 Å². The molecule has 2 saturated carbocycles. The van der Waals surface area contributed by atoms with E-state index in [1.54, 1.807) is 0 Å². The Kier molecular flexibility index (Phi) is 8.02. The molecule has 5 rings (SSSR count). The van der Waals surface area contributed by atoms with Crippen molar-refractivity contribution >= 4 is 40.9 Å². The van der Waals surface area contributed by atoms with Crippen LogP contribution in [0.3, 0.4) is 0 Å². The van der Waals surface area contributed by atoms with Gasteiger partial charge in [-0.3, -0.25) is 10.1 Å². The van der Waals surface area contributed by atoms with Gasteiger partial charge in [-0.1, -0.05) is 60.7 Å². The summed E-state index contributed by atoms with van der Waals surface area (Å²) in [5.74, 6) is -0.0136. The van der Waals surface area contributed by atoms with Crippen LogP contribution in [-0.4, -0.2) is 29.2 Å². The van der Waals surface area contributed by atoms with Crippen molar-refractivity contribution in [3.05, 3.63) is 63.6 Å². The maximum atomic E-state index is 13.2. The molecule has 1 unspecified atom stereocenters. The van der Waals surface area contributed by atoms with E-state index in [9.17, 15) is 9.59 Å². The van der Waals surface area contributed by atoms with Gasteiger partial charge in [0.15, 0.2) is 0 Å². The van der Waals surface area contributed by atoms with Crippen LogP contribution in [0.4, 0.5) is 10.5 Å². The van der Waals surface area contributed by atoms with Gasteiger partial charge in [-0.2, -0.15) is 0 Å². The molecule has 34 heavy (non-hydrogen) atoms. The smallest absolute Gasteiger partial charge is 0.404 e. The van der Waals surface area contributed by atoms with Gasteiger partial charge in [0.25, 0.3) is 0 Å². The average molecular weight is 504 g/mol. The molecule has 0 saturated heterocycles. The highest BCUT2D eigenvalue weighted by Crippen LogP contribution is 2.41. The Bertz CT molecular complexity index is 1040. The Hall–Kier alpha value is -2.28. The molecule has 0 aromatic heterocycles. The number of rotatable bonds is 5. The fourth-order valence-electron chi connectivity index (χ4n) is 4.99. The normalized spacial score (nSPS) is 22.1. The summed E-state index contributed by atoms with van der Waals surface area (Å²) in [6, 6.07) is 14.0. The molecule has 4 N–H and O–H groups in total. The van der Waals surface area contributed by atoms with Gasteiger partial charge in [0, 0.05) is 39.8 Å². The molecule has 182 valence electrons. The third kappa shape index (κ3) is 5.85. The molecule has 0 bridgehead atoms. The summed E-state index contributed by atoms with van der Waals surface area (Å²) in [5.41, 5.74) is 2.02. The number of carbonyl (C=O) groups is 2. The number of hydrogen-bond donors (Lipinski definition) is 4. The van der Waals surface area contributed by atoms with Crippen LogP contribution in [0.5, 0.6) is 0 Å². The van der Waals surface area contributed by atoms with Gasteiger partial charge in [-0.05, 0) is 61.9 Å². The topological polar surface area (TPSA) is 90.5 Å². The molecular weight excluding hydrogens is 473 g/mol. The largest absolute Gasteiger partial charge is 0.465 e. The minimum atomic E-state index is -0.894. The Morgan fingerprint density at radius 2 is 1.68 bits per heavy atom. The maximum Gasteiger partial charge on any atom is 0.404 e. The maximum absolute atomic E-state index is 13.2. The van der Waals surface area contributed by atoms with E-state index in [1.165, 1.54) is 25.7 Å². The first-order valence-electron chi connectivity index (χ1n) is 12.0. The molecule has 1 atom stereocenters. The summed E-state index contributed by atoms with van der Waals surface area (Å²) in [6.07, 6.45) is 8.78. The number of halogens is 2. The minimum absolute atomic E-state index is 0.0136. The van der Waals surface area contributed by atoms with E-state index in [2.05, 4.69) is 16.0 Å². The van der Waals surface area contributed by atoms with Gasteiger partial charge in [0.2, 0.25) is 5.91 Å². The fraction of sp³-hybridized carbons (Fsp3) is 0.462. The molecule has 6 nitrogen and oxygen atoms in total. The predicted molar refractivity (Wildman–Crippen MR) is 136 cm³/mol. The van der Waals surface area contributed by atoms with Crippen LogP contribution in [0.15, 0.2) is 42.5 Å². The summed E-state index contributed by atoms with van der Waals surface area (Å²) in [5, 5.41) is 18.6. The van der Waals surface area contributed by atoms with E-state index in [0.717, 1.165) is 42.5 Å². The quantitative estimate of drug-likeness (QED) is 0.395. The van der Waals surface area contributed by atoms with Crippen molar-refractivity contribution in [3.63, 3.8) is 0 Å². The second-order valence-electron chi connectivity index (χ2n) is 9.41. The van der Waals surface area contributed by atoms with E-state index >= 15 is 0 Å². The Morgan fingerprint density at radius 3 is 2.29 bits per heavy atom. The zero-order valence-electron chi connectivity index (χ0n) is 19.1. The number of benzene rings is 2. The molecule has 2 aliphatic carbocycles. The lowest BCUT2D eigenvalue weighted by Gasteiger charge is -2.35. The van der Waals surface area contributed by atoms with Gasteiger partial charge in [-0.25, -0.2) is 4.79 Å². The Balaban J connectivity index is 0.000000291. The van der Waals surface area contributed by atoms with E-state index in [0.29, 0.717) is 22.5 Å². The predicted octanol–water partition coefficient (Wildman–Crippen LogP) is 6.11. The van der Waals surface area contributed by atoms with Gasteiger partial charge in [-0.15, -0.1) is 0 Å². The van der Waals surface area contributed by atoms with Crippen LogP contribution in [-0.2, 0) is 16.8 Å². The molecule has 2 aromatic carbocycles. The SMILES string of the molecule is O=C(O)NC1CCC1.O=C1Nc2cc(Cl)ccc2C1(Cc1cccc(Cl)c1)NC1CCCCC1. The standard InChI is InChI=1S/C21H22Cl2N2O.C5H9NO2/c22-15-6-4-5-14(11-15)13-21(25-17-7-2-1-3-8-17)18-10-9-16(23)12-19(18)24-20(21)26;7-5(8)6-4-2-1-3-4/h4-6,9-12,17,25H,1-3,7-8,13H2,(H,24,26);4,6H,1-3H2,(H,7,8). The van der Waals surface area contributed by atoms with Crippen molar-refractivity contribution in [2.75, 3.05) is 5.32 Å². The van der Waals surface area contributed by atoms with Gasteiger partial charge in [0.1, 0.15) is 5.54 Å². The van der Waals surface area contributed by atoms with Crippen molar-refractivity contribution in [3.8, 4) is 0 Å². The van der Waals surface area contributed by atoms with Crippen LogP contribution in [0.2, 0.25) is 10.0 Å². The molecule has 0 spiro atoms. The highest BCUT2D eigenvalue weighted by Gasteiger charge is 2.48. The van der Waals surface area contributed by atoms with Crippen molar-refractivity contribution in [2.24, 2.45) is 0 Å². The third-order valence-electron chi connectivity index (χ3n) is 6.92. The first kappa shape index (κ1) is 24.8. The van der Waals surface area contributed by atoms with Crippen LogP contribution in [0.1, 0.15) is 62.5 Å². The summed E-state index contributed by atoms with van der Waals surface area (Å²) in [7, 11) is 0. The number of carboxylic acid groups (broad SMARTS) is 1. The minimum Gasteiger partial charge on any atom is -0.465 e. The summed E-state index contributed by atoms with van der Waals surface area (Å²) in [6.45, 7) is 0. The second-order valence-corrected chi connectivity index (χ2v) is 10.3. The van der Waals surface area contributed by atoms with Crippen molar-refractivity contribution in [1.82, 2.24) is 10.6 Å². The first-order valence-corrected chi connectivity index (χ1v) is 12.7. The van der Waals surface area contributed by atoms with E-state index in [-0.39, 0.29) is 11.9 Å². The Labute approximate surface area is 210 Å². The highest BCUT2D eigenvalue weighted by atomic mass is 35.5. The first-order chi connectivity index (χ1) is 16.4. The summed E-state index contributed by atoms with van der Waals surface area (Å²) < 4.78 is 0. The number of carbonyl (C=O) groups excluding carboxylic acids is 1. The van der Waals surface area contributed by atoms with Gasteiger partial charge < -0.3 is 15.7 Å². The zero-order valence-corrected chi connectivity index (χ0v) is 20.6. The second kappa shape index (κ2) is 11.0. The van der Waals surface area contributed by atoms with Gasteiger partial charge in [0.05, 0.1) is 0 Å².